The van der Waals surface area contributed by atoms with E-state index in [9.17, 15) is 13.2 Å². The third-order valence-electron chi connectivity index (χ3n) is 5.65. The van der Waals surface area contributed by atoms with E-state index in [1.54, 1.807) is 70.3 Å². The summed E-state index contributed by atoms with van der Waals surface area (Å²) in [6.45, 7) is 4.23. The van der Waals surface area contributed by atoms with Crippen LogP contribution in [0.2, 0.25) is 0 Å². The maximum Gasteiger partial charge on any atom is 0.268 e. The van der Waals surface area contributed by atoms with Crippen molar-refractivity contribution in [2.75, 3.05) is 27.3 Å². The monoisotopic (exact) mass is 489 g/mol. The van der Waals surface area contributed by atoms with Gasteiger partial charge in [-0.3, -0.25) is 4.79 Å². The van der Waals surface area contributed by atoms with Crippen LogP contribution < -0.4 is 14.8 Å². The predicted octanol–water partition coefficient (Wildman–Crippen LogP) is 2.33. The summed E-state index contributed by atoms with van der Waals surface area (Å²) >= 11 is 0. The van der Waals surface area contributed by atoms with Crippen molar-refractivity contribution in [3.8, 4) is 11.5 Å². The average molecular weight is 490 g/mol. The largest absolute Gasteiger partial charge is 0.497 e. The Morgan fingerprint density at radius 1 is 1.06 bits per heavy atom. The van der Waals surface area contributed by atoms with Gasteiger partial charge >= 0.3 is 0 Å². The van der Waals surface area contributed by atoms with Crippen LogP contribution in [0.25, 0.3) is 0 Å². The summed E-state index contributed by atoms with van der Waals surface area (Å²) in [5.41, 5.74) is 0.906. The fourth-order valence-electron chi connectivity index (χ4n) is 3.77. The lowest BCUT2D eigenvalue weighted by Crippen LogP contribution is -2.32. The molecular weight excluding hydrogens is 458 g/mol. The van der Waals surface area contributed by atoms with Gasteiger partial charge in [0.2, 0.25) is 10.0 Å². The van der Waals surface area contributed by atoms with Crippen molar-refractivity contribution in [1.29, 1.82) is 0 Å². The molecule has 0 aliphatic rings. The average Bonchev–Trinajstić information content (AvgIpc) is 3.43. The van der Waals surface area contributed by atoms with Gasteiger partial charge in [0, 0.05) is 51.8 Å². The van der Waals surface area contributed by atoms with Crippen LogP contribution in [-0.4, -0.2) is 60.1 Å². The highest BCUT2D eigenvalue weighted by atomic mass is 32.2. The lowest BCUT2D eigenvalue weighted by Gasteiger charge is -2.20. The number of methoxy groups -OCH3 is 2. The lowest BCUT2D eigenvalue weighted by atomic mass is 10.0. The molecule has 34 heavy (non-hydrogen) atoms. The van der Waals surface area contributed by atoms with Gasteiger partial charge in [0.25, 0.3) is 5.91 Å². The molecule has 3 aromatic rings. The van der Waals surface area contributed by atoms with Crippen LogP contribution in [0.3, 0.4) is 0 Å². The van der Waals surface area contributed by atoms with E-state index in [0.717, 1.165) is 0 Å². The van der Waals surface area contributed by atoms with E-state index < -0.39 is 22.0 Å². The highest BCUT2D eigenvalue weighted by Gasteiger charge is 2.28. The zero-order chi connectivity index (χ0) is 25.0. The van der Waals surface area contributed by atoms with Gasteiger partial charge in [-0.15, -0.1) is 0 Å². The lowest BCUT2D eigenvalue weighted by molar-refractivity contribution is 0.0932. The number of amides is 1. The Balaban J connectivity index is 2.02. The number of ether oxygens (including phenoxy) is 2. The quantitative estimate of drug-likeness (QED) is 0.468. The van der Waals surface area contributed by atoms with Crippen LogP contribution in [0.1, 0.15) is 41.8 Å². The number of benzene rings is 1. The van der Waals surface area contributed by atoms with E-state index in [0.29, 0.717) is 36.0 Å². The maximum atomic E-state index is 13.4. The second-order valence-corrected chi connectivity index (χ2v) is 9.65. The topological polar surface area (TPSA) is 108 Å². The molecular formula is C23H31N5O5S. The summed E-state index contributed by atoms with van der Waals surface area (Å²) in [4.78, 5) is 17.9. The standard InChI is InChI=1S/C23H31N5O5S/c1-7-28(8-2)34(30,31)19-14-20(27(4)15-19)23(29)25-21(22-24-9-10-26(22)3)16-11-17(32-5)13-18(12-16)33-6/h9-15,21H,7-8H2,1-6H3,(H,25,29). The van der Waals surface area contributed by atoms with Gasteiger partial charge in [0.05, 0.1) is 14.2 Å². The van der Waals surface area contributed by atoms with E-state index in [4.69, 9.17) is 9.47 Å². The normalized spacial score (nSPS) is 12.6. The number of rotatable bonds is 10. The van der Waals surface area contributed by atoms with Crippen LogP contribution in [-0.2, 0) is 24.1 Å². The number of nitrogens with zero attached hydrogens (tertiary/aromatic N) is 4. The third kappa shape index (κ3) is 4.95. The van der Waals surface area contributed by atoms with Crippen molar-refractivity contribution in [3.63, 3.8) is 0 Å². The Labute approximate surface area is 200 Å². The van der Waals surface area contributed by atoms with Gasteiger partial charge in [-0.1, -0.05) is 13.8 Å². The minimum atomic E-state index is -3.70. The molecule has 2 heterocycles. The molecule has 10 nitrogen and oxygen atoms in total. The first-order valence-corrected chi connectivity index (χ1v) is 12.3. The first kappa shape index (κ1) is 25.3. The van der Waals surface area contributed by atoms with Crippen molar-refractivity contribution in [2.24, 2.45) is 14.1 Å². The van der Waals surface area contributed by atoms with Crippen LogP contribution in [0, 0.1) is 0 Å². The van der Waals surface area contributed by atoms with Gasteiger partial charge in [-0.05, 0) is 23.8 Å². The molecule has 0 aliphatic heterocycles. The summed E-state index contributed by atoms with van der Waals surface area (Å²) < 4.78 is 41.3. The highest BCUT2D eigenvalue weighted by Crippen LogP contribution is 2.30. The molecule has 0 radical (unpaired) electrons. The summed E-state index contributed by atoms with van der Waals surface area (Å²) in [5, 5.41) is 3.00. The molecule has 0 saturated heterocycles. The molecule has 3 rings (SSSR count). The Morgan fingerprint density at radius 3 is 2.18 bits per heavy atom. The number of sulfonamides is 1. The minimum absolute atomic E-state index is 0.0699. The second-order valence-electron chi connectivity index (χ2n) is 7.71. The number of imidazole rings is 1. The zero-order valence-corrected chi connectivity index (χ0v) is 21.1. The summed E-state index contributed by atoms with van der Waals surface area (Å²) in [7, 11) is 2.87. The zero-order valence-electron chi connectivity index (χ0n) is 20.3. The van der Waals surface area contributed by atoms with Crippen molar-refractivity contribution in [2.45, 2.75) is 24.8 Å². The van der Waals surface area contributed by atoms with E-state index in [1.165, 1.54) is 21.1 Å². The first-order chi connectivity index (χ1) is 16.2. The number of hydrogen-bond donors (Lipinski definition) is 1. The molecule has 0 aliphatic carbocycles. The summed E-state index contributed by atoms with van der Waals surface area (Å²) in [6.07, 6.45) is 4.87. The van der Waals surface area contributed by atoms with E-state index in [1.807, 2.05) is 7.05 Å². The minimum Gasteiger partial charge on any atom is -0.497 e. The van der Waals surface area contributed by atoms with Crippen LogP contribution in [0.5, 0.6) is 11.5 Å². The van der Waals surface area contributed by atoms with Crippen LogP contribution >= 0.6 is 0 Å². The van der Waals surface area contributed by atoms with Gasteiger partial charge in [-0.2, -0.15) is 4.31 Å². The van der Waals surface area contributed by atoms with Crippen molar-refractivity contribution in [3.05, 3.63) is 59.9 Å². The molecule has 11 heteroatoms. The highest BCUT2D eigenvalue weighted by molar-refractivity contribution is 7.89. The van der Waals surface area contributed by atoms with Gasteiger partial charge in [-0.25, -0.2) is 13.4 Å². The van der Waals surface area contributed by atoms with Crippen LogP contribution in [0.4, 0.5) is 0 Å². The molecule has 0 bridgehead atoms. The summed E-state index contributed by atoms with van der Waals surface area (Å²) in [5.74, 6) is 1.27. The number of carbonyl (C=O) groups excluding carboxylic acids is 1. The molecule has 1 unspecified atom stereocenters. The van der Waals surface area contributed by atoms with Gasteiger partial charge < -0.3 is 23.9 Å². The molecule has 184 valence electrons. The fraction of sp³-hybridized carbons (Fsp3) is 0.391. The van der Waals surface area contributed by atoms with Crippen molar-refractivity contribution in [1.82, 2.24) is 23.7 Å². The molecule has 1 aromatic carbocycles. The fourth-order valence-corrected chi connectivity index (χ4v) is 5.30. The number of hydrogen-bond acceptors (Lipinski definition) is 6. The van der Waals surface area contributed by atoms with E-state index >= 15 is 0 Å². The molecule has 2 aromatic heterocycles. The Bertz CT molecular complexity index is 1240. The van der Waals surface area contributed by atoms with Gasteiger partial charge in [0.15, 0.2) is 0 Å². The molecule has 1 amide bonds. The molecule has 1 atom stereocenters. The van der Waals surface area contributed by atoms with Gasteiger partial charge in [0.1, 0.15) is 34.0 Å². The molecule has 0 spiro atoms. The van der Waals surface area contributed by atoms with E-state index in [2.05, 4.69) is 10.3 Å². The predicted molar refractivity (Wildman–Crippen MR) is 128 cm³/mol. The van der Waals surface area contributed by atoms with Crippen molar-refractivity contribution >= 4 is 15.9 Å². The number of aromatic nitrogens is 3. The number of aryl methyl sites for hydroxylation is 2. The van der Waals surface area contributed by atoms with Crippen molar-refractivity contribution < 1.29 is 22.7 Å². The Kier molecular flexibility index (Phi) is 7.68. The van der Waals surface area contributed by atoms with Crippen LogP contribution in [0.15, 0.2) is 47.8 Å². The molecule has 1 N–H and O–H groups in total. The maximum absolute atomic E-state index is 13.4. The number of nitrogens with one attached hydrogen (secondary N) is 1. The second kappa shape index (κ2) is 10.3. The third-order valence-corrected chi connectivity index (χ3v) is 7.67. The summed E-state index contributed by atoms with van der Waals surface area (Å²) in [6, 6.07) is 6.08. The first-order valence-electron chi connectivity index (χ1n) is 10.8. The van der Waals surface area contributed by atoms with E-state index in [-0.39, 0.29) is 10.6 Å². The SMILES string of the molecule is CCN(CC)S(=O)(=O)c1cc(C(=O)NC(c2cc(OC)cc(OC)c2)c2nccn2C)n(C)c1. The Hall–Kier alpha value is -3.31. The smallest absolute Gasteiger partial charge is 0.268 e. The molecule has 0 fully saturated rings. The number of carbonyl (C=O) groups is 1. The molecule has 0 saturated carbocycles. The Morgan fingerprint density at radius 2 is 1.68 bits per heavy atom.